The largest absolute Gasteiger partial charge is 0.494 e. The molecule has 1 aliphatic rings. The van der Waals surface area contributed by atoms with Crippen LogP contribution in [0.25, 0.3) is 11.3 Å². The van der Waals surface area contributed by atoms with Crippen molar-refractivity contribution in [2.75, 3.05) is 17.3 Å². The molecule has 1 fully saturated rings. The first-order valence-electron chi connectivity index (χ1n) is 12.5. The van der Waals surface area contributed by atoms with E-state index in [0.717, 1.165) is 16.9 Å². The molecule has 0 bridgehead atoms. The summed E-state index contributed by atoms with van der Waals surface area (Å²) in [5, 5.41) is 6.84. The average molecular weight is 545 g/mol. The molecule has 4 aromatic rings. The van der Waals surface area contributed by atoms with Crippen LogP contribution in [0.15, 0.2) is 83.4 Å². The van der Waals surface area contributed by atoms with E-state index >= 15 is 0 Å². The lowest BCUT2D eigenvalue weighted by atomic mass is 9.95. The minimum absolute atomic E-state index is 0.121. The molecule has 7 nitrogen and oxygen atoms in total. The fourth-order valence-corrected chi connectivity index (χ4v) is 4.79. The van der Waals surface area contributed by atoms with Gasteiger partial charge in [0.25, 0.3) is 0 Å². The monoisotopic (exact) mass is 544 g/mol. The van der Waals surface area contributed by atoms with Gasteiger partial charge < -0.3 is 24.7 Å². The summed E-state index contributed by atoms with van der Waals surface area (Å²) in [5.74, 6) is 1.33. The lowest BCUT2D eigenvalue weighted by Gasteiger charge is -2.27. The summed E-state index contributed by atoms with van der Waals surface area (Å²) < 4.78 is 25.5. The van der Waals surface area contributed by atoms with Crippen molar-refractivity contribution < 1.29 is 18.3 Å². The maximum absolute atomic E-state index is 13.5. The van der Waals surface area contributed by atoms with Crippen molar-refractivity contribution in [3.8, 4) is 17.1 Å². The molecular weight excluding hydrogens is 515 g/mol. The van der Waals surface area contributed by atoms with Crippen molar-refractivity contribution in [3.63, 3.8) is 0 Å². The van der Waals surface area contributed by atoms with E-state index in [0.29, 0.717) is 28.1 Å². The number of aromatic nitrogens is 1. The smallest absolute Gasteiger partial charge is 0.229 e. The summed E-state index contributed by atoms with van der Waals surface area (Å²) in [6.45, 7) is 5.55. The molecule has 1 aliphatic heterocycles. The molecule has 0 unspecified atom stereocenters. The Kier molecular flexibility index (Phi) is 7.10. The summed E-state index contributed by atoms with van der Waals surface area (Å²) in [5.41, 5.74) is 2.31. The Balaban J connectivity index is 1.55. The van der Waals surface area contributed by atoms with Crippen LogP contribution in [0.5, 0.6) is 5.75 Å². The number of nitrogens with zero attached hydrogens (tertiary/aromatic N) is 2. The number of methoxy groups -OCH3 is 1. The highest BCUT2D eigenvalue weighted by molar-refractivity contribution is 7.80. The third kappa shape index (κ3) is 5.35. The first-order valence-corrected chi connectivity index (χ1v) is 12.9. The van der Waals surface area contributed by atoms with Crippen molar-refractivity contribution in [1.82, 2.24) is 10.3 Å². The number of pyridine rings is 1. The standard InChI is InChI=1S/C30H29FN4O3S/c1-30(2,3)28(36)33-21-13-12-20(17-25(21)37-4)35-27(26(34-29(35)39)22-7-5-6-16-32-22)24-15-14-23(38-24)18-8-10-19(31)11-9-18/h5-17,26-27H,1-4H3,(H,33,36)(H,34,39)/t26-,27-/m1/s1. The van der Waals surface area contributed by atoms with Gasteiger partial charge in [0.15, 0.2) is 5.11 Å². The van der Waals surface area contributed by atoms with Crippen LogP contribution >= 0.6 is 12.2 Å². The first kappa shape index (κ1) is 26.4. The molecule has 200 valence electrons. The number of hydrogen-bond acceptors (Lipinski definition) is 5. The molecule has 2 aromatic heterocycles. The number of benzene rings is 2. The van der Waals surface area contributed by atoms with Gasteiger partial charge in [-0.25, -0.2) is 4.39 Å². The average Bonchev–Trinajstić information content (AvgIpc) is 3.54. The molecule has 0 saturated carbocycles. The highest BCUT2D eigenvalue weighted by Crippen LogP contribution is 2.44. The van der Waals surface area contributed by atoms with E-state index in [4.69, 9.17) is 21.4 Å². The molecule has 2 aromatic carbocycles. The highest BCUT2D eigenvalue weighted by atomic mass is 32.1. The van der Waals surface area contributed by atoms with Crippen LogP contribution in [0.2, 0.25) is 0 Å². The van der Waals surface area contributed by atoms with Crippen molar-refractivity contribution in [3.05, 3.63) is 96.3 Å². The van der Waals surface area contributed by atoms with Gasteiger partial charge >= 0.3 is 0 Å². The van der Waals surface area contributed by atoms with E-state index in [1.165, 1.54) is 12.1 Å². The molecule has 1 amide bonds. The minimum atomic E-state index is -0.563. The number of thiocarbonyl (C=S) groups is 1. The number of rotatable bonds is 6. The van der Waals surface area contributed by atoms with Gasteiger partial charge in [0.05, 0.1) is 24.5 Å². The van der Waals surface area contributed by atoms with Crippen LogP contribution < -0.4 is 20.3 Å². The molecule has 39 heavy (non-hydrogen) atoms. The number of ether oxygens (including phenoxy) is 1. The number of carbonyl (C=O) groups is 1. The van der Waals surface area contributed by atoms with Crippen molar-refractivity contribution in [1.29, 1.82) is 0 Å². The van der Waals surface area contributed by atoms with Gasteiger partial charge in [-0.2, -0.15) is 0 Å². The van der Waals surface area contributed by atoms with E-state index in [-0.39, 0.29) is 23.8 Å². The molecule has 0 aliphatic carbocycles. The van der Waals surface area contributed by atoms with Crippen LogP contribution in [-0.2, 0) is 4.79 Å². The fourth-order valence-electron chi connectivity index (χ4n) is 4.45. The topological polar surface area (TPSA) is 79.6 Å². The Bertz CT molecular complexity index is 1500. The molecule has 2 atom stereocenters. The summed E-state index contributed by atoms with van der Waals surface area (Å²) >= 11 is 5.82. The van der Waals surface area contributed by atoms with Gasteiger partial charge in [-0.05, 0) is 72.9 Å². The van der Waals surface area contributed by atoms with Crippen molar-refractivity contribution >= 4 is 34.6 Å². The number of hydrogen-bond donors (Lipinski definition) is 2. The zero-order chi connectivity index (χ0) is 27.7. The Morgan fingerprint density at radius 1 is 1.10 bits per heavy atom. The van der Waals surface area contributed by atoms with E-state index in [1.807, 2.05) is 68.1 Å². The SMILES string of the molecule is COc1cc(N2C(=S)N[C@H](c3ccccn3)[C@H]2c2ccc(-c3ccc(F)cc3)o2)ccc1NC(=O)C(C)(C)C. The second-order valence-electron chi connectivity index (χ2n) is 10.3. The molecule has 3 heterocycles. The van der Waals surface area contributed by atoms with Crippen LogP contribution in [0.3, 0.4) is 0 Å². The first-order chi connectivity index (χ1) is 18.7. The summed E-state index contributed by atoms with van der Waals surface area (Å²) in [4.78, 5) is 19.2. The molecule has 1 saturated heterocycles. The number of anilines is 2. The van der Waals surface area contributed by atoms with Crippen LogP contribution in [0.4, 0.5) is 15.8 Å². The lowest BCUT2D eigenvalue weighted by Crippen LogP contribution is -2.30. The fraction of sp³-hybridized carbons (Fsp3) is 0.233. The van der Waals surface area contributed by atoms with Crippen LogP contribution in [0.1, 0.15) is 44.3 Å². The lowest BCUT2D eigenvalue weighted by molar-refractivity contribution is -0.123. The predicted molar refractivity (Wildman–Crippen MR) is 153 cm³/mol. The Hall–Kier alpha value is -4.24. The van der Waals surface area contributed by atoms with Gasteiger partial charge in [0, 0.05) is 28.9 Å². The Morgan fingerprint density at radius 3 is 2.54 bits per heavy atom. The molecule has 5 rings (SSSR count). The molecule has 0 spiro atoms. The molecule has 0 radical (unpaired) electrons. The van der Waals surface area contributed by atoms with Gasteiger partial charge in [0.2, 0.25) is 5.91 Å². The van der Waals surface area contributed by atoms with Crippen molar-refractivity contribution in [2.24, 2.45) is 5.41 Å². The normalized spacial score (nSPS) is 17.2. The third-order valence-corrected chi connectivity index (χ3v) is 6.85. The van der Waals surface area contributed by atoms with Crippen LogP contribution in [-0.4, -0.2) is 23.1 Å². The summed E-state index contributed by atoms with van der Waals surface area (Å²) in [6, 6.07) is 20.5. The summed E-state index contributed by atoms with van der Waals surface area (Å²) in [7, 11) is 1.56. The maximum atomic E-state index is 13.5. The molecular formula is C30H29FN4O3S. The number of furan rings is 1. The van der Waals surface area contributed by atoms with Gasteiger partial charge in [-0.3, -0.25) is 9.78 Å². The number of amides is 1. The Labute approximate surface area is 232 Å². The number of halogens is 1. The van der Waals surface area contributed by atoms with Gasteiger partial charge in [-0.1, -0.05) is 26.8 Å². The number of nitrogens with one attached hydrogen (secondary N) is 2. The highest BCUT2D eigenvalue weighted by Gasteiger charge is 2.43. The zero-order valence-corrected chi connectivity index (χ0v) is 22.9. The zero-order valence-electron chi connectivity index (χ0n) is 22.1. The molecule has 9 heteroatoms. The van der Waals surface area contributed by atoms with Gasteiger partial charge in [0.1, 0.15) is 29.1 Å². The quantitative estimate of drug-likeness (QED) is 0.263. The van der Waals surface area contributed by atoms with E-state index in [9.17, 15) is 9.18 Å². The maximum Gasteiger partial charge on any atom is 0.229 e. The molecule has 2 N–H and O–H groups in total. The van der Waals surface area contributed by atoms with Gasteiger partial charge in [-0.15, -0.1) is 0 Å². The van der Waals surface area contributed by atoms with E-state index in [2.05, 4.69) is 15.6 Å². The number of carbonyl (C=O) groups excluding carboxylic acids is 1. The Morgan fingerprint density at radius 2 is 1.87 bits per heavy atom. The predicted octanol–water partition coefficient (Wildman–Crippen LogP) is 6.65. The van der Waals surface area contributed by atoms with Crippen molar-refractivity contribution in [2.45, 2.75) is 32.9 Å². The van der Waals surface area contributed by atoms with E-state index in [1.54, 1.807) is 31.5 Å². The second-order valence-corrected chi connectivity index (χ2v) is 10.7. The minimum Gasteiger partial charge on any atom is -0.494 e. The van der Waals surface area contributed by atoms with Crippen LogP contribution in [0, 0.1) is 11.2 Å². The third-order valence-electron chi connectivity index (χ3n) is 6.54. The second kappa shape index (κ2) is 10.5. The van der Waals surface area contributed by atoms with E-state index < -0.39 is 5.41 Å². The summed E-state index contributed by atoms with van der Waals surface area (Å²) in [6.07, 6.45) is 1.74.